The van der Waals surface area contributed by atoms with Gasteiger partial charge in [0.1, 0.15) is 11.9 Å². The van der Waals surface area contributed by atoms with Gasteiger partial charge >= 0.3 is 5.69 Å². The summed E-state index contributed by atoms with van der Waals surface area (Å²) >= 11 is 5.71. The van der Waals surface area contributed by atoms with Crippen LogP contribution in [0.5, 0.6) is 0 Å². The molecule has 0 bridgehead atoms. The molecule has 100 valence electrons. The van der Waals surface area contributed by atoms with Crippen LogP contribution in [0.25, 0.3) is 17.3 Å². The fourth-order valence-corrected chi connectivity index (χ4v) is 1.81. The second-order valence-corrected chi connectivity index (χ2v) is 4.07. The molecule has 0 aliphatic rings. The molecule has 0 saturated heterocycles. The number of halogens is 2. The molecule has 0 radical (unpaired) electrons. The van der Waals surface area contributed by atoms with Gasteiger partial charge in [0.25, 0.3) is 0 Å². The van der Waals surface area contributed by atoms with E-state index >= 15 is 0 Å². The predicted molar refractivity (Wildman–Crippen MR) is 65.6 cm³/mol. The minimum atomic E-state index is -0.693. The lowest BCUT2D eigenvalue weighted by molar-refractivity contribution is -0.385. The maximum absolute atomic E-state index is 13.2. The first kappa shape index (κ1) is 12.4. The van der Waals surface area contributed by atoms with E-state index in [-0.39, 0.29) is 16.8 Å². The van der Waals surface area contributed by atoms with E-state index < -0.39 is 16.4 Å². The van der Waals surface area contributed by atoms with E-state index in [9.17, 15) is 14.5 Å². The molecule has 3 aromatic rings. The third kappa shape index (κ3) is 1.93. The van der Waals surface area contributed by atoms with Gasteiger partial charge in [0, 0.05) is 0 Å². The molecular weight excluding hydrogens is 291 g/mol. The van der Waals surface area contributed by atoms with Crippen molar-refractivity contribution in [3.05, 3.63) is 45.9 Å². The second kappa shape index (κ2) is 4.46. The van der Waals surface area contributed by atoms with Crippen LogP contribution in [0.4, 0.5) is 10.1 Å². The van der Waals surface area contributed by atoms with Crippen molar-refractivity contribution in [2.75, 3.05) is 0 Å². The molecule has 20 heavy (non-hydrogen) atoms. The highest BCUT2D eigenvalue weighted by atomic mass is 35.5. The first-order chi connectivity index (χ1) is 9.56. The maximum atomic E-state index is 13.2. The van der Waals surface area contributed by atoms with E-state index in [1.165, 1.54) is 10.6 Å². The average Bonchev–Trinajstić information content (AvgIpc) is 2.81. The lowest BCUT2D eigenvalue weighted by atomic mass is 10.4. The van der Waals surface area contributed by atoms with Crippen molar-refractivity contribution in [2.24, 2.45) is 0 Å². The summed E-state index contributed by atoms with van der Waals surface area (Å²) < 4.78 is 14.5. The summed E-state index contributed by atoms with van der Waals surface area (Å²) in [5.41, 5.74) is -0.0858. The Morgan fingerprint density at radius 3 is 2.70 bits per heavy atom. The Balaban J connectivity index is 2.18. The molecule has 0 aromatic carbocycles. The van der Waals surface area contributed by atoms with Crippen LogP contribution in [0, 0.1) is 15.9 Å². The van der Waals surface area contributed by atoms with Crippen LogP contribution in [0.2, 0.25) is 5.15 Å². The smallest absolute Gasteiger partial charge is 0.278 e. The summed E-state index contributed by atoms with van der Waals surface area (Å²) in [7, 11) is 0. The highest BCUT2D eigenvalue weighted by molar-refractivity contribution is 6.31. The molecule has 8 nitrogen and oxygen atoms in total. The Kier molecular flexibility index (Phi) is 2.75. The van der Waals surface area contributed by atoms with Crippen LogP contribution < -0.4 is 0 Å². The third-order valence-electron chi connectivity index (χ3n) is 2.48. The molecule has 0 unspecified atom stereocenters. The Labute approximate surface area is 115 Å². The summed E-state index contributed by atoms with van der Waals surface area (Å²) in [5.74, 6) is -0.232. The summed E-state index contributed by atoms with van der Waals surface area (Å²) in [6, 6.07) is 0. The molecule has 0 spiro atoms. The standard InChI is InChI=1S/C10H4ClFN6O2/c11-8-6(18(19)20)2-13-9(16-8)7-3-15-10-14-1-5(12)4-17(7)10/h1-4H. The van der Waals surface area contributed by atoms with E-state index in [1.54, 1.807) is 0 Å². The largest absolute Gasteiger partial charge is 0.324 e. The van der Waals surface area contributed by atoms with E-state index in [1.807, 2.05) is 0 Å². The second-order valence-electron chi connectivity index (χ2n) is 3.71. The maximum Gasteiger partial charge on any atom is 0.324 e. The molecule has 0 aliphatic heterocycles. The van der Waals surface area contributed by atoms with Gasteiger partial charge in [-0.05, 0) is 0 Å². The van der Waals surface area contributed by atoms with Gasteiger partial charge in [0.15, 0.2) is 11.6 Å². The summed E-state index contributed by atoms with van der Waals surface area (Å²) in [6.07, 6.45) is 4.54. The number of fused-ring (bicyclic) bond motifs is 1. The number of imidazole rings is 1. The van der Waals surface area contributed by atoms with Crippen LogP contribution in [-0.4, -0.2) is 29.3 Å². The summed E-state index contributed by atoms with van der Waals surface area (Å²) in [5, 5.41) is 10.3. The first-order valence-electron chi connectivity index (χ1n) is 5.22. The quantitative estimate of drug-likeness (QED) is 0.406. The first-order valence-corrected chi connectivity index (χ1v) is 5.60. The molecule has 3 heterocycles. The van der Waals surface area contributed by atoms with Crippen molar-refractivity contribution in [3.8, 4) is 11.5 Å². The van der Waals surface area contributed by atoms with E-state index in [4.69, 9.17) is 11.6 Å². The molecule has 0 amide bonds. The normalized spacial score (nSPS) is 10.9. The number of rotatable bonds is 2. The molecule has 0 N–H and O–H groups in total. The van der Waals surface area contributed by atoms with Gasteiger partial charge in [-0.15, -0.1) is 0 Å². The van der Waals surface area contributed by atoms with Crippen molar-refractivity contribution in [2.45, 2.75) is 0 Å². The van der Waals surface area contributed by atoms with Crippen molar-refractivity contribution in [1.82, 2.24) is 24.3 Å². The number of hydrogen-bond donors (Lipinski definition) is 0. The van der Waals surface area contributed by atoms with Crippen molar-refractivity contribution in [3.63, 3.8) is 0 Å². The van der Waals surface area contributed by atoms with Crippen LogP contribution in [0.3, 0.4) is 0 Å². The summed E-state index contributed by atoms with van der Waals surface area (Å²) in [6.45, 7) is 0. The lowest BCUT2D eigenvalue weighted by Gasteiger charge is -2.01. The van der Waals surface area contributed by atoms with Gasteiger partial charge in [-0.1, -0.05) is 11.6 Å². The zero-order valence-corrected chi connectivity index (χ0v) is 10.3. The van der Waals surface area contributed by atoms with Gasteiger partial charge in [0.05, 0.1) is 23.5 Å². The Bertz CT molecular complexity index is 836. The molecule has 0 aliphatic carbocycles. The zero-order chi connectivity index (χ0) is 14.3. The molecule has 0 atom stereocenters. The lowest BCUT2D eigenvalue weighted by Crippen LogP contribution is -1.99. The van der Waals surface area contributed by atoms with Crippen LogP contribution in [0.15, 0.2) is 24.8 Å². The van der Waals surface area contributed by atoms with Crippen LogP contribution in [-0.2, 0) is 0 Å². The highest BCUT2D eigenvalue weighted by Crippen LogP contribution is 2.24. The number of hydrogen-bond acceptors (Lipinski definition) is 6. The Morgan fingerprint density at radius 2 is 2.00 bits per heavy atom. The molecule has 10 heteroatoms. The predicted octanol–water partition coefficient (Wildman–Crippen LogP) is 1.89. The number of aromatic nitrogens is 5. The molecule has 3 aromatic heterocycles. The molecule has 0 saturated carbocycles. The van der Waals surface area contributed by atoms with Crippen molar-refractivity contribution in [1.29, 1.82) is 0 Å². The fourth-order valence-electron chi connectivity index (χ4n) is 1.62. The molecular formula is C10H4ClFN6O2. The Morgan fingerprint density at radius 1 is 1.25 bits per heavy atom. The third-order valence-corrected chi connectivity index (χ3v) is 2.76. The number of nitro groups is 1. The van der Waals surface area contributed by atoms with Gasteiger partial charge in [-0.3, -0.25) is 14.5 Å². The number of nitrogens with zero attached hydrogens (tertiary/aromatic N) is 6. The van der Waals surface area contributed by atoms with Crippen molar-refractivity contribution < 1.29 is 9.31 Å². The topological polar surface area (TPSA) is 99.1 Å². The average molecular weight is 295 g/mol. The zero-order valence-electron chi connectivity index (χ0n) is 9.57. The highest BCUT2D eigenvalue weighted by Gasteiger charge is 2.18. The molecule has 3 rings (SSSR count). The monoisotopic (exact) mass is 294 g/mol. The van der Waals surface area contributed by atoms with Gasteiger partial charge in [-0.2, -0.15) is 0 Å². The van der Waals surface area contributed by atoms with E-state index in [0.29, 0.717) is 5.69 Å². The van der Waals surface area contributed by atoms with Gasteiger partial charge in [0.2, 0.25) is 10.9 Å². The summed E-state index contributed by atoms with van der Waals surface area (Å²) in [4.78, 5) is 25.3. The van der Waals surface area contributed by atoms with E-state index in [0.717, 1.165) is 18.6 Å². The molecule has 0 fully saturated rings. The van der Waals surface area contributed by atoms with Crippen LogP contribution in [0.1, 0.15) is 0 Å². The minimum absolute atomic E-state index is 0.0838. The van der Waals surface area contributed by atoms with Gasteiger partial charge in [-0.25, -0.2) is 24.3 Å². The van der Waals surface area contributed by atoms with E-state index in [2.05, 4.69) is 19.9 Å². The van der Waals surface area contributed by atoms with Crippen LogP contribution >= 0.6 is 11.6 Å². The van der Waals surface area contributed by atoms with Gasteiger partial charge < -0.3 is 0 Å². The Hall–Kier alpha value is -2.68. The van der Waals surface area contributed by atoms with Crippen molar-refractivity contribution >= 4 is 23.1 Å². The fraction of sp³-hybridized carbons (Fsp3) is 0. The SMILES string of the molecule is O=[N+]([O-])c1cnc(-c2cnc3ncc(F)cn23)nc1Cl. The minimum Gasteiger partial charge on any atom is -0.278 e.